The summed E-state index contributed by atoms with van der Waals surface area (Å²) in [6, 6.07) is 15.5. The van der Waals surface area contributed by atoms with Gasteiger partial charge in [-0.1, -0.05) is 60.2 Å². The molecule has 0 spiro atoms. The molecule has 0 bridgehead atoms. The van der Waals surface area contributed by atoms with E-state index in [0.717, 1.165) is 16.8 Å². The monoisotopic (exact) mass is 337 g/mol. The van der Waals surface area contributed by atoms with Crippen LogP contribution >= 0.6 is 11.6 Å². The quantitative estimate of drug-likeness (QED) is 0.529. The Balaban J connectivity index is 1.88. The fourth-order valence-corrected chi connectivity index (χ4v) is 2.13. The Labute approximate surface area is 148 Å². The van der Waals surface area contributed by atoms with Gasteiger partial charge in [0.05, 0.1) is 0 Å². The Hall–Kier alpha value is -2.58. The van der Waals surface area contributed by atoms with Gasteiger partial charge in [0.25, 0.3) is 0 Å². The molecule has 0 aliphatic heterocycles. The van der Waals surface area contributed by atoms with Crippen LogP contribution in [0.3, 0.4) is 0 Å². The minimum absolute atomic E-state index is 0.0487. The number of nitrogens with zero attached hydrogens (tertiary/aromatic N) is 1. The molecular weight excluding hydrogens is 318 g/mol. The Bertz CT molecular complexity index is 753. The maximum Gasteiger partial charge on any atom is 0.178 e. The summed E-state index contributed by atoms with van der Waals surface area (Å²) >= 11 is 5.83. The molecule has 0 amide bonds. The Morgan fingerprint density at radius 2 is 1.42 bits per heavy atom. The van der Waals surface area contributed by atoms with E-state index in [1.807, 2.05) is 85.8 Å². The van der Waals surface area contributed by atoms with Crippen molar-refractivity contribution in [3.05, 3.63) is 89.0 Å². The summed E-state index contributed by atoms with van der Waals surface area (Å²) in [5, 5.41) is 0.710. The second-order valence-corrected chi connectivity index (χ2v) is 5.93. The van der Waals surface area contributed by atoms with Gasteiger partial charge in [0.1, 0.15) is 0 Å². The number of ketones is 1. The van der Waals surface area contributed by atoms with Gasteiger partial charge in [-0.25, -0.2) is 0 Å². The molecule has 0 heterocycles. The van der Waals surface area contributed by atoms with Gasteiger partial charge in [0.2, 0.25) is 0 Å². The molecule has 3 heteroatoms. The van der Waals surface area contributed by atoms with E-state index in [0.29, 0.717) is 5.02 Å². The fourth-order valence-electron chi connectivity index (χ4n) is 2.01. The van der Waals surface area contributed by atoms with E-state index in [2.05, 4.69) is 0 Å². The zero-order chi connectivity index (χ0) is 17.4. The van der Waals surface area contributed by atoms with Gasteiger partial charge in [0, 0.05) is 24.8 Å². The second-order valence-electron chi connectivity index (χ2n) is 5.49. The lowest BCUT2D eigenvalue weighted by atomic mass is 10.1. The molecule has 24 heavy (non-hydrogen) atoms. The predicted molar refractivity (Wildman–Crippen MR) is 104 cm³/mol. The molecule has 0 saturated heterocycles. The number of allylic oxidation sites excluding steroid dienone is 4. The second kappa shape index (κ2) is 8.90. The summed E-state index contributed by atoms with van der Waals surface area (Å²) in [5.74, 6) is -0.0487. The minimum Gasteiger partial charge on any atom is -0.378 e. The molecular formula is C21H20ClNO. The van der Waals surface area contributed by atoms with E-state index < -0.39 is 0 Å². The van der Waals surface area contributed by atoms with Crippen LogP contribution in [-0.4, -0.2) is 19.9 Å². The molecule has 0 N–H and O–H groups in total. The van der Waals surface area contributed by atoms with E-state index >= 15 is 0 Å². The number of hydrogen-bond acceptors (Lipinski definition) is 2. The van der Waals surface area contributed by atoms with Gasteiger partial charge < -0.3 is 4.90 Å². The maximum atomic E-state index is 11.8. The SMILES string of the molecule is CN(C)c1ccc(C=CC(=O)C=CC=Cc2ccc(Cl)cc2)cc1. The van der Waals surface area contributed by atoms with Crippen LogP contribution in [-0.2, 0) is 4.79 Å². The van der Waals surface area contributed by atoms with E-state index in [4.69, 9.17) is 11.6 Å². The molecule has 0 aliphatic carbocycles. The number of rotatable bonds is 6. The van der Waals surface area contributed by atoms with Gasteiger partial charge in [-0.15, -0.1) is 0 Å². The average Bonchev–Trinajstić information content (AvgIpc) is 2.59. The minimum atomic E-state index is -0.0487. The topological polar surface area (TPSA) is 20.3 Å². The van der Waals surface area contributed by atoms with E-state index in [1.165, 1.54) is 6.08 Å². The third-order valence-electron chi connectivity index (χ3n) is 3.38. The lowest BCUT2D eigenvalue weighted by Gasteiger charge is -2.11. The Kier molecular flexibility index (Phi) is 6.59. The van der Waals surface area contributed by atoms with Crippen LogP contribution in [0, 0.1) is 0 Å². The van der Waals surface area contributed by atoms with Crippen molar-refractivity contribution in [2.24, 2.45) is 0 Å². The first kappa shape index (κ1) is 17.8. The van der Waals surface area contributed by atoms with Crippen molar-refractivity contribution in [3.63, 3.8) is 0 Å². The summed E-state index contributed by atoms with van der Waals surface area (Å²) in [4.78, 5) is 13.9. The fraction of sp³-hybridized carbons (Fsp3) is 0.0952. The number of carbonyl (C=O) groups excluding carboxylic acids is 1. The largest absolute Gasteiger partial charge is 0.378 e. The van der Waals surface area contributed by atoms with Gasteiger partial charge in [-0.3, -0.25) is 4.79 Å². The molecule has 2 aromatic rings. The van der Waals surface area contributed by atoms with E-state index in [9.17, 15) is 4.79 Å². The Morgan fingerprint density at radius 1 is 0.833 bits per heavy atom. The predicted octanol–water partition coefficient (Wildman–Crippen LogP) is 5.26. The molecule has 2 nitrogen and oxygen atoms in total. The molecule has 0 atom stereocenters. The third-order valence-corrected chi connectivity index (χ3v) is 3.63. The summed E-state index contributed by atoms with van der Waals surface area (Å²) in [7, 11) is 3.99. The molecule has 0 aromatic heterocycles. The summed E-state index contributed by atoms with van der Waals surface area (Å²) < 4.78 is 0. The molecule has 0 aliphatic rings. The highest BCUT2D eigenvalue weighted by Gasteiger charge is 1.94. The van der Waals surface area contributed by atoms with Gasteiger partial charge in [0.15, 0.2) is 5.78 Å². The van der Waals surface area contributed by atoms with Crippen molar-refractivity contribution in [3.8, 4) is 0 Å². The lowest BCUT2D eigenvalue weighted by Crippen LogP contribution is -2.07. The highest BCUT2D eigenvalue weighted by Crippen LogP contribution is 2.13. The first-order valence-corrected chi connectivity index (χ1v) is 8.02. The molecule has 2 rings (SSSR count). The molecule has 2 aromatic carbocycles. The highest BCUT2D eigenvalue weighted by molar-refractivity contribution is 6.30. The molecule has 0 fully saturated rings. The summed E-state index contributed by atoms with van der Waals surface area (Å²) in [5.41, 5.74) is 3.16. The van der Waals surface area contributed by atoms with Crippen LogP contribution in [0.5, 0.6) is 0 Å². The standard InChI is InChI=1S/C21H20ClNO/c1-23(2)20-14-9-18(10-15-20)11-16-21(24)6-4-3-5-17-7-12-19(22)13-8-17/h3-16H,1-2H3. The van der Waals surface area contributed by atoms with Crippen molar-refractivity contribution < 1.29 is 4.79 Å². The summed E-state index contributed by atoms with van der Waals surface area (Å²) in [6.07, 6.45) is 10.4. The third kappa shape index (κ3) is 5.90. The lowest BCUT2D eigenvalue weighted by molar-refractivity contribution is -0.110. The number of halogens is 1. The average molecular weight is 338 g/mol. The van der Waals surface area contributed by atoms with E-state index in [1.54, 1.807) is 12.2 Å². The Morgan fingerprint density at radius 3 is 2.04 bits per heavy atom. The van der Waals surface area contributed by atoms with Crippen molar-refractivity contribution in [2.75, 3.05) is 19.0 Å². The van der Waals surface area contributed by atoms with Crippen molar-refractivity contribution in [1.29, 1.82) is 0 Å². The molecule has 122 valence electrons. The van der Waals surface area contributed by atoms with Crippen LogP contribution in [0.25, 0.3) is 12.2 Å². The maximum absolute atomic E-state index is 11.8. The summed E-state index contributed by atoms with van der Waals surface area (Å²) in [6.45, 7) is 0. The normalized spacial score (nSPS) is 11.6. The van der Waals surface area contributed by atoms with Crippen molar-refractivity contribution in [1.82, 2.24) is 0 Å². The van der Waals surface area contributed by atoms with Crippen LogP contribution < -0.4 is 4.90 Å². The number of hydrogen-bond donors (Lipinski definition) is 0. The van der Waals surface area contributed by atoms with Crippen LogP contribution in [0.4, 0.5) is 5.69 Å². The first-order valence-electron chi connectivity index (χ1n) is 7.64. The van der Waals surface area contributed by atoms with E-state index in [-0.39, 0.29) is 5.78 Å². The van der Waals surface area contributed by atoms with Crippen molar-refractivity contribution >= 4 is 35.2 Å². The van der Waals surface area contributed by atoms with Crippen LogP contribution in [0.1, 0.15) is 11.1 Å². The van der Waals surface area contributed by atoms with Crippen LogP contribution in [0.15, 0.2) is 72.8 Å². The zero-order valence-corrected chi connectivity index (χ0v) is 14.6. The van der Waals surface area contributed by atoms with Gasteiger partial charge >= 0.3 is 0 Å². The number of carbonyl (C=O) groups is 1. The van der Waals surface area contributed by atoms with Gasteiger partial charge in [-0.05, 0) is 47.5 Å². The van der Waals surface area contributed by atoms with Gasteiger partial charge in [-0.2, -0.15) is 0 Å². The molecule has 0 saturated carbocycles. The number of anilines is 1. The zero-order valence-electron chi connectivity index (χ0n) is 13.8. The van der Waals surface area contributed by atoms with Crippen LogP contribution in [0.2, 0.25) is 5.02 Å². The van der Waals surface area contributed by atoms with Crippen molar-refractivity contribution in [2.45, 2.75) is 0 Å². The number of benzene rings is 2. The highest BCUT2D eigenvalue weighted by atomic mass is 35.5. The molecule has 0 unspecified atom stereocenters. The first-order chi connectivity index (χ1) is 11.5. The smallest absolute Gasteiger partial charge is 0.178 e. The molecule has 0 radical (unpaired) electrons.